The van der Waals surface area contributed by atoms with Gasteiger partial charge in [-0.1, -0.05) is 0 Å². The SMILES string of the molecule is COc1cc(F)cc(NS(=O)(=O)CCCC(=O)O)c1. The van der Waals surface area contributed by atoms with Gasteiger partial charge in [0.05, 0.1) is 18.6 Å². The van der Waals surface area contributed by atoms with Crippen LogP contribution < -0.4 is 9.46 Å². The summed E-state index contributed by atoms with van der Waals surface area (Å²) in [6.45, 7) is 0. The molecular weight excluding hydrogens is 277 g/mol. The molecule has 0 bridgehead atoms. The molecule has 0 heterocycles. The number of methoxy groups -OCH3 is 1. The second-order valence-corrected chi connectivity index (χ2v) is 5.64. The fraction of sp³-hybridized carbons (Fsp3) is 0.364. The molecule has 0 atom stereocenters. The predicted molar refractivity (Wildman–Crippen MR) is 67.2 cm³/mol. The number of rotatable bonds is 7. The first-order valence-electron chi connectivity index (χ1n) is 5.39. The number of nitrogens with one attached hydrogen (secondary N) is 1. The Balaban J connectivity index is 2.72. The lowest BCUT2D eigenvalue weighted by molar-refractivity contribution is -0.137. The van der Waals surface area contributed by atoms with E-state index >= 15 is 0 Å². The molecule has 106 valence electrons. The lowest BCUT2D eigenvalue weighted by Crippen LogP contribution is -2.17. The molecular formula is C11H14FNO5S. The van der Waals surface area contributed by atoms with E-state index in [-0.39, 0.29) is 30.0 Å². The summed E-state index contributed by atoms with van der Waals surface area (Å²) in [5, 5.41) is 8.42. The van der Waals surface area contributed by atoms with Crippen molar-refractivity contribution in [1.29, 1.82) is 0 Å². The van der Waals surface area contributed by atoms with Gasteiger partial charge in [0.15, 0.2) is 0 Å². The van der Waals surface area contributed by atoms with Crippen molar-refractivity contribution in [2.75, 3.05) is 17.6 Å². The lowest BCUT2D eigenvalue weighted by Gasteiger charge is -2.09. The summed E-state index contributed by atoms with van der Waals surface area (Å²) in [5.74, 6) is -1.87. The maximum Gasteiger partial charge on any atom is 0.303 e. The van der Waals surface area contributed by atoms with Crippen LogP contribution in [0.2, 0.25) is 0 Å². The van der Waals surface area contributed by atoms with Gasteiger partial charge >= 0.3 is 5.97 Å². The molecule has 0 fully saturated rings. The Labute approximate surface area is 110 Å². The molecule has 0 radical (unpaired) electrons. The van der Waals surface area contributed by atoms with Gasteiger partial charge in [-0.2, -0.15) is 0 Å². The molecule has 19 heavy (non-hydrogen) atoms. The van der Waals surface area contributed by atoms with E-state index in [1.54, 1.807) is 0 Å². The molecule has 0 aliphatic heterocycles. The molecule has 6 nitrogen and oxygen atoms in total. The van der Waals surface area contributed by atoms with Crippen molar-refractivity contribution in [3.8, 4) is 5.75 Å². The quantitative estimate of drug-likeness (QED) is 0.793. The first kappa shape index (κ1) is 15.2. The molecule has 0 saturated carbocycles. The molecule has 1 aromatic rings. The van der Waals surface area contributed by atoms with E-state index in [4.69, 9.17) is 9.84 Å². The molecule has 0 amide bonds. The summed E-state index contributed by atoms with van der Waals surface area (Å²) in [6, 6.07) is 3.46. The molecule has 0 aliphatic rings. The van der Waals surface area contributed by atoms with Crippen molar-refractivity contribution in [3.63, 3.8) is 0 Å². The van der Waals surface area contributed by atoms with E-state index in [9.17, 15) is 17.6 Å². The van der Waals surface area contributed by atoms with Crippen LogP contribution in [0.5, 0.6) is 5.75 Å². The zero-order valence-electron chi connectivity index (χ0n) is 10.2. The number of hydrogen-bond donors (Lipinski definition) is 2. The predicted octanol–water partition coefficient (Wildman–Crippen LogP) is 1.44. The second kappa shape index (κ2) is 6.37. The van der Waals surface area contributed by atoms with Gasteiger partial charge in [-0.3, -0.25) is 9.52 Å². The standard InChI is InChI=1S/C11H14FNO5S/c1-18-10-6-8(12)5-9(7-10)13-19(16,17)4-2-3-11(14)15/h5-7,13H,2-4H2,1H3,(H,14,15). The maximum atomic E-state index is 13.2. The van der Waals surface area contributed by atoms with Crippen LogP contribution in [0.4, 0.5) is 10.1 Å². The highest BCUT2D eigenvalue weighted by Gasteiger charge is 2.12. The highest BCUT2D eigenvalue weighted by atomic mass is 32.2. The zero-order valence-corrected chi connectivity index (χ0v) is 11.0. The van der Waals surface area contributed by atoms with E-state index in [1.165, 1.54) is 13.2 Å². The Kier molecular flexibility index (Phi) is 5.11. The summed E-state index contributed by atoms with van der Waals surface area (Å²) in [4.78, 5) is 10.3. The molecule has 0 aliphatic carbocycles. The minimum Gasteiger partial charge on any atom is -0.497 e. The van der Waals surface area contributed by atoms with Crippen LogP contribution in [0.3, 0.4) is 0 Å². The third-order valence-electron chi connectivity index (χ3n) is 2.18. The van der Waals surface area contributed by atoms with Gasteiger partial charge in [0.25, 0.3) is 0 Å². The first-order chi connectivity index (χ1) is 8.82. The minimum absolute atomic E-state index is 0.0167. The number of benzene rings is 1. The molecule has 2 N–H and O–H groups in total. The topological polar surface area (TPSA) is 92.7 Å². The average molecular weight is 291 g/mol. The van der Waals surface area contributed by atoms with Crippen LogP contribution in [0.15, 0.2) is 18.2 Å². The van der Waals surface area contributed by atoms with Crippen LogP contribution in [-0.4, -0.2) is 32.4 Å². The highest BCUT2D eigenvalue weighted by Crippen LogP contribution is 2.20. The van der Waals surface area contributed by atoms with Crippen molar-refractivity contribution in [1.82, 2.24) is 0 Å². The summed E-state index contributed by atoms with van der Waals surface area (Å²) in [7, 11) is -2.37. The molecule has 0 aromatic heterocycles. The molecule has 0 unspecified atom stereocenters. The molecule has 0 spiro atoms. The van der Waals surface area contributed by atoms with Crippen molar-refractivity contribution in [2.24, 2.45) is 0 Å². The number of ether oxygens (including phenoxy) is 1. The van der Waals surface area contributed by atoms with Crippen LogP contribution in [0.25, 0.3) is 0 Å². The van der Waals surface area contributed by atoms with E-state index in [0.717, 1.165) is 12.1 Å². The number of halogens is 1. The van der Waals surface area contributed by atoms with E-state index < -0.39 is 21.8 Å². The van der Waals surface area contributed by atoms with Gasteiger partial charge < -0.3 is 9.84 Å². The van der Waals surface area contributed by atoms with Crippen molar-refractivity contribution in [3.05, 3.63) is 24.0 Å². The van der Waals surface area contributed by atoms with Crippen molar-refractivity contribution >= 4 is 21.7 Å². The van der Waals surface area contributed by atoms with Crippen LogP contribution >= 0.6 is 0 Å². The molecule has 8 heteroatoms. The smallest absolute Gasteiger partial charge is 0.303 e. The van der Waals surface area contributed by atoms with Crippen LogP contribution in [0, 0.1) is 5.82 Å². The lowest BCUT2D eigenvalue weighted by atomic mass is 10.3. The number of carboxylic acid groups (broad SMARTS) is 1. The summed E-state index contributed by atoms with van der Waals surface area (Å²) in [5.41, 5.74) is 0.0344. The van der Waals surface area contributed by atoms with E-state index in [2.05, 4.69) is 4.72 Å². The molecule has 1 rings (SSSR count). The Morgan fingerprint density at radius 2 is 2.11 bits per heavy atom. The monoisotopic (exact) mass is 291 g/mol. The Bertz CT molecular complexity index is 558. The van der Waals surface area contributed by atoms with Crippen molar-refractivity contribution in [2.45, 2.75) is 12.8 Å². The van der Waals surface area contributed by atoms with Gasteiger partial charge in [-0.25, -0.2) is 12.8 Å². The van der Waals surface area contributed by atoms with Crippen LogP contribution in [-0.2, 0) is 14.8 Å². The number of anilines is 1. The first-order valence-corrected chi connectivity index (χ1v) is 7.04. The maximum absolute atomic E-state index is 13.2. The summed E-state index contributed by atoms with van der Waals surface area (Å²) >= 11 is 0. The van der Waals surface area contributed by atoms with Gasteiger partial charge in [0.2, 0.25) is 10.0 Å². The van der Waals surface area contributed by atoms with Gasteiger partial charge in [0.1, 0.15) is 11.6 Å². The van der Waals surface area contributed by atoms with E-state index in [1.807, 2.05) is 0 Å². The van der Waals surface area contributed by atoms with E-state index in [0.29, 0.717) is 0 Å². The fourth-order valence-electron chi connectivity index (χ4n) is 1.38. The average Bonchev–Trinajstić information content (AvgIpc) is 2.26. The minimum atomic E-state index is -3.71. The Morgan fingerprint density at radius 1 is 1.42 bits per heavy atom. The van der Waals surface area contributed by atoms with Gasteiger partial charge in [-0.05, 0) is 12.5 Å². The summed E-state index contributed by atoms with van der Waals surface area (Å²) < 4.78 is 43.4. The summed E-state index contributed by atoms with van der Waals surface area (Å²) in [6.07, 6.45) is -0.259. The fourth-order valence-corrected chi connectivity index (χ4v) is 2.49. The normalized spacial score (nSPS) is 11.1. The number of sulfonamides is 1. The number of hydrogen-bond acceptors (Lipinski definition) is 4. The number of carbonyl (C=O) groups is 1. The highest BCUT2D eigenvalue weighted by molar-refractivity contribution is 7.92. The molecule has 1 aromatic carbocycles. The largest absolute Gasteiger partial charge is 0.497 e. The third kappa shape index (κ3) is 5.56. The number of aliphatic carboxylic acids is 1. The Hall–Kier alpha value is -1.83. The molecule has 0 saturated heterocycles. The second-order valence-electron chi connectivity index (χ2n) is 3.80. The van der Waals surface area contributed by atoms with Gasteiger partial charge in [-0.15, -0.1) is 0 Å². The Morgan fingerprint density at radius 3 is 2.68 bits per heavy atom. The number of carboxylic acids is 1. The zero-order chi connectivity index (χ0) is 14.5. The third-order valence-corrected chi connectivity index (χ3v) is 3.56. The van der Waals surface area contributed by atoms with Crippen LogP contribution in [0.1, 0.15) is 12.8 Å². The van der Waals surface area contributed by atoms with Gasteiger partial charge in [0, 0.05) is 18.6 Å². The van der Waals surface area contributed by atoms with Crippen molar-refractivity contribution < 1.29 is 27.4 Å².